The summed E-state index contributed by atoms with van der Waals surface area (Å²) in [7, 11) is 0. The van der Waals surface area contributed by atoms with E-state index in [0.717, 1.165) is 88.7 Å². The lowest BCUT2D eigenvalue weighted by Gasteiger charge is -2.15. The minimum atomic E-state index is -0.547. The maximum Gasteiger partial charge on any atom is 0.222 e. The molecule has 14 nitrogen and oxygen atoms in total. The molecule has 0 saturated carbocycles. The molecular formula is C49H52Cl2N10O4. The van der Waals surface area contributed by atoms with Gasteiger partial charge in [0.1, 0.15) is 35.2 Å². The Morgan fingerprint density at radius 2 is 0.969 bits per heavy atom. The zero-order valence-electron chi connectivity index (χ0n) is 37.0. The van der Waals surface area contributed by atoms with Gasteiger partial charge in [0.05, 0.1) is 48.9 Å². The van der Waals surface area contributed by atoms with Gasteiger partial charge in [-0.15, -0.1) is 20.4 Å². The van der Waals surface area contributed by atoms with Crippen molar-refractivity contribution in [3.8, 4) is 22.9 Å². The van der Waals surface area contributed by atoms with E-state index >= 15 is 0 Å². The van der Waals surface area contributed by atoms with Crippen molar-refractivity contribution in [3.05, 3.63) is 141 Å². The van der Waals surface area contributed by atoms with Crippen LogP contribution in [0.4, 0.5) is 0 Å². The number of hydrogen-bond donors (Lipinski definition) is 2. The SMILES string of the molecule is CCNC(=O)CC1N=C(c2ccc(Cl)cc2)c2cc(OCCCCCCCOc3ccc4c(c3)C(c3ccc(Cl)cc3)=NC(CC(=O)NCC)c3nnc(C)n3-4)ccc2-n2c(C)nnc21. The third-order valence-corrected chi connectivity index (χ3v) is 11.9. The first-order valence-electron chi connectivity index (χ1n) is 22.2. The number of hydrogen-bond acceptors (Lipinski definition) is 10. The lowest BCUT2D eigenvalue weighted by atomic mass is 10.00. The van der Waals surface area contributed by atoms with E-state index < -0.39 is 12.1 Å². The first-order chi connectivity index (χ1) is 31.6. The van der Waals surface area contributed by atoms with Crippen molar-refractivity contribution in [2.75, 3.05) is 26.3 Å². The molecule has 2 aliphatic rings. The smallest absolute Gasteiger partial charge is 0.222 e. The number of benzene rings is 4. The largest absolute Gasteiger partial charge is 0.494 e. The van der Waals surface area contributed by atoms with E-state index in [0.29, 0.717) is 59.6 Å². The molecule has 0 spiro atoms. The van der Waals surface area contributed by atoms with Gasteiger partial charge in [0, 0.05) is 45.4 Å². The third-order valence-electron chi connectivity index (χ3n) is 11.4. The van der Waals surface area contributed by atoms with Crippen LogP contribution in [0.15, 0.2) is 94.9 Å². The van der Waals surface area contributed by atoms with Crippen molar-refractivity contribution in [1.29, 1.82) is 0 Å². The molecule has 2 N–H and O–H groups in total. The summed E-state index contributed by atoms with van der Waals surface area (Å²) in [6, 6.07) is 26.0. The van der Waals surface area contributed by atoms with E-state index in [4.69, 9.17) is 42.7 Å². The van der Waals surface area contributed by atoms with E-state index in [-0.39, 0.29) is 24.7 Å². The number of unbranched alkanes of at least 4 members (excludes halogenated alkanes) is 4. The van der Waals surface area contributed by atoms with Gasteiger partial charge < -0.3 is 20.1 Å². The Kier molecular flexibility index (Phi) is 14.3. The van der Waals surface area contributed by atoms with Gasteiger partial charge >= 0.3 is 0 Å². The van der Waals surface area contributed by atoms with Crippen molar-refractivity contribution in [1.82, 2.24) is 40.2 Å². The number of aryl methyl sites for hydroxylation is 2. The molecule has 0 aliphatic carbocycles. The Labute approximate surface area is 388 Å². The second kappa shape index (κ2) is 20.6. The summed E-state index contributed by atoms with van der Waals surface area (Å²) >= 11 is 12.6. The molecule has 4 aromatic carbocycles. The highest BCUT2D eigenvalue weighted by molar-refractivity contribution is 6.31. The third kappa shape index (κ3) is 10.3. The van der Waals surface area contributed by atoms with E-state index in [1.54, 1.807) is 0 Å². The molecule has 2 aromatic heterocycles. The number of amides is 2. The molecule has 6 aromatic rings. The predicted molar refractivity (Wildman–Crippen MR) is 253 cm³/mol. The summed E-state index contributed by atoms with van der Waals surface area (Å²) in [5, 5.41) is 24.8. The van der Waals surface area contributed by atoms with Crippen LogP contribution in [0.1, 0.15) is 116 Å². The number of fused-ring (bicyclic) bond motifs is 6. The van der Waals surface area contributed by atoms with Crippen LogP contribution in [0.5, 0.6) is 11.5 Å². The number of nitrogens with one attached hydrogen (secondary N) is 2. The second-order valence-corrected chi connectivity index (χ2v) is 16.9. The van der Waals surface area contributed by atoms with Crippen LogP contribution >= 0.6 is 23.2 Å². The van der Waals surface area contributed by atoms with Gasteiger partial charge in [0.2, 0.25) is 11.8 Å². The Bertz CT molecular complexity index is 2540. The monoisotopic (exact) mass is 914 g/mol. The molecule has 2 amide bonds. The number of rotatable bonds is 18. The van der Waals surface area contributed by atoms with E-state index in [9.17, 15) is 9.59 Å². The highest BCUT2D eigenvalue weighted by Gasteiger charge is 2.32. The topological polar surface area (TPSA) is 163 Å². The summed E-state index contributed by atoms with van der Waals surface area (Å²) in [6.45, 7) is 9.77. The van der Waals surface area contributed by atoms with Crippen molar-refractivity contribution in [2.24, 2.45) is 9.98 Å². The van der Waals surface area contributed by atoms with Crippen LogP contribution in [0.25, 0.3) is 11.4 Å². The molecule has 2 atom stereocenters. The minimum Gasteiger partial charge on any atom is -0.494 e. The van der Waals surface area contributed by atoms with Crippen molar-refractivity contribution < 1.29 is 19.1 Å². The average molecular weight is 916 g/mol. The standard InChI is InChI=1S/C49H52Cl2N10O4/c1-5-52-44(62)28-40-48-58-56-30(3)60(48)42-22-20-36(26-38(42)46(54-40)32-12-16-34(50)17-13-32)64-24-10-8-7-9-11-25-65-37-21-23-43-39(27-37)47(33-14-18-35(51)19-15-33)55-41(29-45(63)53-6-2)49-59-57-31(4)61(43)49/h12-23,26-27,40-41H,5-11,24-25,28-29H2,1-4H3,(H,52,62)(H,53,63). The molecule has 0 saturated heterocycles. The molecule has 336 valence electrons. The quantitative estimate of drug-likeness (QED) is 0.0808. The summed E-state index contributed by atoms with van der Waals surface area (Å²) in [5.41, 5.74) is 6.65. The molecule has 65 heavy (non-hydrogen) atoms. The van der Waals surface area contributed by atoms with E-state index in [1.807, 2.05) is 122 Å². The Morgan fingerprint density at radius 3 is 1.37 bits per heavy atom. The molecular weight excluding hydrogens is 864 g/mol. The van der Waals surface area contributed by atoms with Crippen LogP contribution in [-0.4, -0.2) is 79.1 Å². The zero-order valence-corrected chi connectivity index (χ0v) is 38.5. The summed E-state index contributed by atoms with van der Waals surface area (Å²) < 4.78 is 16.6. The van der Waals surface area contributed by atoms with Crippen LogP contribution in [0.3, 0.4) is 0 Å². The maximum atomic E-state index is 12.8. The highest BCUT2D eigenvalue weighted by atomic mass is 35.5. The fourth-order valence-electron chi connectivity index (χ4n) is 8.28. The molecule has 2 unspecified atom stereocenters. The number of halogens is 2. The maximum absolute atomic E-state index is 12.8. The molecule has 8 rings (SSSR count). The Morgan fingerprint density at radius 1 is 0.569 bits per heavy atom. The van der Waals surface area contributed by atoms with Crippen molar-refractivity contribution in [2.45, 2.75) is 84.7 Å². The van der Waals surface area contributed by atoms with Crippen LogP contribution in [-0.2, 0) is 9.59 Å². The molecule has 0 fully saturated rings. The number of carbonyl (C=O) groups excluding carboxylic acids is 2. The van der Waals surface area contributed by atoms with Crippen molar-refractivity contribution in [3.63, 3.8) is 0 Å². The van der Waals surface area contributed by atoms with Crippen LogP contribution < -0.4 is 20.1 Å². The second-order valence-electron chi connectivity index (χ2n) is 16.0. The van der Waals surface area contributed by atoms with E-state index in [2.05, 4.69) is 31.0 Å². The summed E-state index contributed by atoms with van der Waals surface area (Å²) in [5.74, 6) is 3.87. The molecule has 0 radical (unpaired) electrons. The average Bonchev–Trinajstić information content (AvgIpc) is 3.80. The summed E-state index contributed by atoms with van der Waals surface area (Å²) in [6.07, 6.45) is 5.10. The van der Waals surface area contributed by atoms with Gasteiger partial charge in [-0.2, -0.15) is 0 Å². The molecule has 16 heteroatoms. The van der Waals surface area contributed by atoms with Gasteiger partial charge in [-0.1, -0.05) is 66.7 Å². The van der Waals surface area contributed by atoms with Crippen LogP contribution in [0, 0.1) is 13.8 Å². The number of ether oxygens (including phenoxy) is 2. The van der Waals surface area contributed by atoms with Gasteiger partial charge in [0.15, 0.2) is 11.6 Å². The normalized spacial score (nSPS) is 15.0. The van der Waals surface area contributed by atoms with Crippen molar-refractivity contribution >= 4 is 46.4 Å². The fourth-order valence-corrected chi connectivity index (χ4v) is 8.54. The molecule has 0 bridgehead atoms. The summed E-state index contributed by atoms with van der Waals surface area (Å²) in [4.78, 5) is 36.0. The predicted octanol–water partition coefficient (Wildman–Crippen LogP) is 9.02. The zero-order chi connectivity index (χ0) is 45.5. The van der Waals surface area contributed by atoms with Crippen LogP contribution in [0.2, 0.25) is 10.0 Å². The van der Waals surface area contributed by atoms with Gasteiger partial charge in [-0.3, -0.25) is 28.7 Å². The molecule has 4 heterocycles. The number of carbonyl (C=O) groups is 2. The Balaban J connectivity index is 0.893. The van der Waals surface area contributed by atoms with E-state index in [1.165, 1.54) is 0 Å². The number of aliphatic imine (C=N–C) groups is 2. The lowest BCUT2D eigenvalue weighted by Crippen LogP contribution is -2.25. The number of nitrogens with zero attached hydrogens (tertiary/aromatic N) is 8. The first kappa shape index (κ1) is 45.2. The minimum absolute atomic E-state index is 0.107. The Hall–Kier alpha value is -6.38. The number of aromatic nitrogens is 6. The van der Waals surface area contributed by atoms with Gasteiger partial charge in [-0.25, -0.2) is 0 Å². The molecule has 2 aliphatic heterocycles. The van der Waals surface area contributed by atoms with Gasteiger partial charge in [-0.05, 0) is 101 Å². The highest BCUT2D eigenvalue weighted by Crippen LogP contribution is 2.36. The fraction of sp³-hybridized carbons (Fsp3) is 0.347. The lowest BCUT2D eigenvalue weighted by molar-refractivity contribution is -0.122. The first-order valence-corrected chi connectivity index (χ1v) is 23.0. The van der Waals surface area contributed by atoms with Gasteiger partial charge in [0.25, 0.3) is 0 Å².